The number of hydrogen-bond acceptors (Lipinski definition) is 7. The van der Waals surface area contributed by atoms with E-state index in [0.29, 0.717) is 25.9 Å². The van der Waals surface area contributed by atoms with Gasteiger partial charge in [-0.3, -0.25) is 0 Å². The van der Waals surface area contributed by atoms with E-state index < -0.39 is 0 Å². The molecule has 2 fully saturated rings. The van der Waals surface area contributed by atoms with E-state index in [0.717, 1.165) is 78.7 Å². The summed E-state index contributed by atoms with van der Waals surface area (Å²) >= 11 is 0. The van der Waals surface area contributed by atoms with Crippen molar-refractivity contribution < 1.29 is 9.47 Å². The number of imidazole rings is 1. The van der Waals surface area contributed by atoms with Gasteiger partial charge in [0.25, 0.3) is 0 Å². The third-order valence-corrected chi connectivity index (χ3v) is 6.76. The molecule has 0 unspecified atom stereocenters. The second-order valence-corrected chi connectivity index (χ2v) is 9.08. The third kappa shape index (κ3) is 4.72. The lowest BCUT2D eigenvalue weighted by atomic mass is 10.1. The number of aromatic nitrogens is 4. The monoisotopic (exact) mass is 470 g/mol. The molecule has 2 aromatic carbocycles. The van der Waals surface area contributed by atoms with Crippen molar-refractivity contribution in [3.8, 4) is 17.0 Å². The van der Waals surface area contributed by atoms with E-state index in [2.05, 4.69) is 39.0 Å². The van der Waals surface area contributed by atoms with Crippen LogP contribution in [-0.4, -0.2) is 58.9 Å². The van der Waals surface area contributed by atoms with E-state index in [1.54, 1.807) is 0 Å². The maximum Gasteiger partial charge on any atom is 0.228 e. The maximum atomic E-state index is 6.11. The molecule has 0 bridgehead atoms. The summed E-state index contributed by atoms with van der Waals surface area (Å²) in [5, 5.41) is 3.45. The molecule has 0 amide bonds. The molecule has 8 heteroatoms. The highest BCUT2D eigenvalue weighted by molar-refractivity contribution is 5.88. The summed E-state index contributed by atoms with van der Waals surface area (Å²) < 4.78 is 13.9. The zero-order valence-corrected chi connectivity index (χ0v) is 19.8. The van der Waals surface area contributed by atoms with Crippen molar-refractivity contribution in [2.24, 2.45) is 0 Å². The molecule has 180 valence electrons. The largest absolute Gasteiger partial charge is 0.489 e. The first-order valence-corrected chi connectivity index (χ1v) is 12.4. The number of nitrogens with one attached hydrogen (secondary N) is 1. The summed E-state index contributed by atoms with van der Waals surface area (Å²) in [6, 6.07) is 18.7. The van der Waals surface area contributed by atoms with E-state index in [1.165, 1.54) is 0 Å². The Morgan fingerprint density at radius 2 is 1.80 bits per heavy atom. The molecule has 35 heavy (non-hydrogen) atoms. The van der Waals surface area contributed by atoms with Gasteiger partial charge in [0.1, 0.15) is 23.6 Å². The van der Waals surface area contributed by atoms with Crippen LogP contribution in [0.25, 0.3) is 22.4 Å². The lowest BCUT2D eigenvalue weighted by Gasteiger charge is -2.28. The Balaban J connectivity index is 1.39. The van der Waals surface area contributed by atoms with Crippen LogP contribution in [0.3, 0.4) is 0 Å². The molecule has 0 spiro atoms. The van der Waals surface area contributed by atoms with Crippen molar-refractivity contribution in [2.75, 3.05) is 44.3 Å². The van der Waals surface area contributed by atoms with Crippen LogP contribution < -0.4 is 15.0 Å². The van der Waals surface area contributed by atoms with Gasteiger partial charge < -0.3 is 24.3 Å². The SMILES string of the molecule is c1ccc(COc2cccc(-c3nc(N4CCOCC4)nc4c3ncn4C3CCNCC3)c2)cc1. The molecule has 1 N–H and O–H groups in total. The van der Waals surface area contributed by atoms with E-state index in [9.17, 15) is 0 Å². The average Bonchev–Trinajstić information content (AvgIpc) is 3.37. The minimum atomic E-state index is 0.391. The van der Waals surface area contributed by atoms with Gasteiger partial charge in [0.05, 0.1) is 19.5 Å². The van der Waals surface area contributed by atoms with Gasteiger partial charge in [-0.25, -0.2) is 9.97 Å². The summed E-state index contributed by atoms with van der Waals surface area (Å²) in [6.45, 7) is 5.49. The summed E-state index contributed by atoms with van der Waals surface area (Å²) in [5.74, 6) is 1.55. The number of anilines is 1. The fourth-order valence-electron chi connectivity index (χ4n) is 4.84. The Morgan fingerprint density at radius 3 is 2.63 bits per heavy atom. The molecule has 2 saturated heterocycles. The van der Waals surface area contributed by atoms with Crippen molar-refractivity contribution in [1.29, 1.82) is 0 Å². The van der Waals surface area contributed by atoms with Crippen LogP contribution in [0.5, 0.6) is 5.75 Å². The highest BCUT2D eigenvalue weighted by Gasteiger charge is 2.23. The Morgan fingerprint density at radius 1 is 0.971 bits per heavy atom. The van der Waals surface area contributed by atoms with Crippen molar-refractivity contribution in [3.05, 3.63) is 66.5 Å². The number of fused-ring (bicyclic) bond motifs is 1. The number of ether oxygens (including phenoxy) is 2. The number of nitrogens with zero attached hydrogens (tertiary/aromatic N) is 5. The van der Waals surface area contributed by atoms with Gasteiger partial charge in [0.2, 0.25) is 5.95 Å². The van der Waals surface area contributed by atoms with Crippen molar-refractivity contribution >= 4 is 17.1 Å². The summed E-state index contributed by atoms with van der Waals surface area (Å²) in [5.41, 5.74) is 4.69. The number of morpholine rings is 1. The highest BCUT2D eigenvalue weighted by atomic mass is 16.5. The average molecular weight is 471 g/mol. The highest BCUT2D eigenvalue weighted by Crippen LogP contribution is 2.32. The molecule has 0 radical (unpaired) electrons. The molecule has 0 atom stereocenters. The molecular weight excluding hydrogens is 440 g/mol. The summed E-state index contributed by atoms with van der Waals surface area (Å²) in [7, 11) is 0. The second-order valence-electron chi connectivity index (χ2n) is 9.08. The van der Waals surface area contributed by atoms with Gasteiger partial charge in [-0.2, -0.15) is 4.98 Å². The standard InChI is InChI=1S/C27H30N6O2/c1-2-5-20(6-3-1)18-35-23-8-4-7-21(17-23)24-25-26(31-27(30-24)32-13-15-34-16-14-32)33(19-29-25)22-9-11-28-12-10-22/h1-8,17,19,22,28H,9-16,18H2. The first-order chi connectivity index (χ1) is 17.3. The van der Waals surface area contributed by atoms with Crippen LogP contribution >= 0.6 is 0 Å². The zero-order valence-electron chi connectivity index (χ0n) is 19.8. The van der Waals surface area contributed by atoms with Crippen molar-refractivity contribution in [3.63, 3.8) is 0 Å². The molecule has 6 rings (SSSR count). The van der Waals surface area contributed by atoms with Crippen molar-refractivity contribution in [1.82, 2.24) is 24.8 Å². The van der Waals surface area contributed by atoms with Crippen LogP contribution in [0.4, 0.5) is 5.95 Å². The van der Waals surface area contributed by atoms with E-state index in [4.69, 9.17) is 24.4 Å². The fraction of sp³-hybridized carbons (Fsp3) is 0.370. The Labute approximate surface area is 204 Å². The van der Waals surface area contributed by atoms with E-state index >= 15 is 0 Å². The predicted octanol–water partition coefficient (Wildman–Crippen LogP) is 3.83. The third-order valence-electron chi connectivity index (χ3n) is 6.76. The second kappa shape index (κ2) is 10.0. The topological polar surface area (TPSA) is 77.3 Å². The molecule has 4 heterocycles. The number of benzene rings is 2. The smallest absolute Gasteiger partial charge is 0.228 e. The van der Waals surface area contributed by atoms with E-state index in [-0.39, 0.29) is 0 Å². The molecule has 4 aromatic rings. The number of piperidine rings is 1. The van der Waals surface area contributed by atoms with E-state index in [1.807, 2.05) is 36.7 Å². The quantitative estimate of drug-likeness (QED) is 0.459. The zero-order chi connectivity index (χ0) is 23.5. The normalized spacial score (nSPS) is 17.1. The van der Waals surface area contributed by atoms with Gasteiger partial charge in [-0.15, -0.1) is 0 Å². The molecule has 8 nitrogen and oxygen atoms in total. The van der Waals surface area contributed by atoms with Crippen LogP contribution in [0.1, 0.15) is 24.4 Å². The van der Waals surface area contributed by atoms with Crippen LogP contribution in [0, 0.1) is 0 Å². The Hall–Kier alpha value is -3.49. The van der Waals surface area contributed by atoms with Crippen molar-refractivity contribution in [2.45, 2.75) is 25.5 Å². The van der Waals surface area contributed by atoms with Gasteiger partial charge in [0.15, 0.2) is 5.65 Å². The Bertz CT molecular complexity index is 1280. The minimum absolute atomic E-state index is 0.391. The number of hydrogen-bond donors (Lipinski definition) is 1. The maximum absolute atomic E-state index is 6.11. The molecule has 2 aliphatic rings. The first-order valence-electron chi connectivity index (χ1n) is 12.4. The molecule has 0 aliphatic carbocycles. The van der Waals surface area contributed by atoms with Gasteiger partial charge in [-0.1, -0.05) is 42.5 Å². The van der Waals surface area contributed by atoms with Crippen LogP contribution in [0.2, 0.25) is 0 Å². The van der Waals surface area contributed by atoms with Crippen LogP contribution in [-0.2, 0) is 11.3 Å². The number of rotatable bonds is 6. The molecule has 2 aliphatic heterocycles. The van der Waals surface area contributed by atoms with Gasteiger partial charge in [0, 0.05) is 24.7 Å². The molecule has 0 saturated carbocycles. The minimum Gasteiger partial charge on any atom is -0.489 e. The lowest BCUT2D eigenvalue weighted by molar-refractivity contribution is 0.122. The fourth-order valence-corrected chi connectivity index (χ4v) is 4.84. The summed E-state index contributed by atoms with van der Waals surface area (Å²) in [6.07, 6.45) is 4.08. The molecule has 2 aromatic heterocycles. The van der Waals surface area contributed by atoms with Gasteiger partial charge in [-0.05, 0) is 43.6 Å². The van der Waals surface area contributed by atoms with Gasteiger partial charge >= 0.3 is 0 Å². The predicted molar refractivity (Wildman–Crippen MR) is 136 cm³/mol. The summed E-state index contributed by atoms with van der Waals surface area (Å²) in [4.78, 5) is 17.1. The lowest BCUT2D eigenvalue weighted by Crippen LogP contribution is -2.37. The van der Waals surface area contributed by atoms with Crippen LogP contribution in [0.15, 0.2) is 60.9 Å². The Kier molecular flexibility index (Phi) is 6.30. The first kappa shape index (κ1) is 22.0. The molecular formula is C27H30N6O2.